The van der Waals surface area contributed by atoms with Crippen molar-refractivity contribution in [2.45, 2.75) is 39.2 Å². The van der Waals surface area contributed by atoms with Crippen LogP contribution in [-0.2, 0) is 9.59 Å². The molecule has 0 aliphatic rings. The van der Waals surface area contributed by atoms with Crippen LogP contribution in [0.15, 0.2) is 0 Å². The Bertz CT molecular complexity index is 219. The van der Waals surface area contributed by atoms with Gasteiger partial charge in [0.15, 0.2) is 0 Å². The molecule has 4 N–H and O–H groups in total. The topological polar surface area (TPSA) is 92.4 Å². The smallest absolute Gasteiger partial charge is 0.303 e. The Kier molecular flexibility index (Phi) is 6.70. The van der Waals surface area contributed by atoms with Gasteiger partial charge in [-0.25, -0.2) is 0 Å². The van der Waals surface area contributed by atoms with Crippen molar-refractivity contribution in [3.8, 4) is 0 Å². The van der Waals surface area contributed by atoms with E-state index in [-0.39, 0.29) is 18.2 Å². The molecule has 0 radical (unpaired) electrons. The van der Waals surface area contributed by atoms with Crippen molar-refractivity contribution in [2.75, 3.05) is 6.54 Å². The number of amides is 1. The molecule has 0 rings (SSSR count). The van der Waals surface area contributed by atoms with Crippen molar-refractivity contribution < 1.29 is 14.7 Å². The quantitative estimate of drug-likeness (QED) is 0.572. The predicted molar refractivity (Wildman–Crippen MR) is 57.3 cm³/mol. The number of carboxylic acids is 1. The van der Waals surface area contributed by atoms with Gasteiger partial charge in [-0.1, -0.05) is 13.8 Å². The van der Waals surface area contributed by atoms with E-state index in [1.165, 1.54) is 0 Å². The minimum Gasteiger partial charge on any atom is -0.481 e. The van der Waals surface area contributed by atoms with Crippen LogP contribution in [-0.4, -0.2) is 29.6 Å². The molecular formula is C10H20N2O3. The Hall–Kier alpha value is -1.10. The highest BCUT2D eigenvalue weighted by Gasteiger charge is 2.12. The summed E-state index contributed by atoms with van der Waals surface area (Å²) in [5, 5.41) is 11.2. The number of carboxylic acid groups (broad SMARTS) is 1. The molecule has 88 valence electrons. The lowest BCUT2D eigenvalue weighted by Gasteiger charge is -2.14. The Morgan fingerprint density at radius 1 is 1.47 bits per heavy atom. The van der Waals surface area contributed by atoms with Crippen LogP contribution < -0.4 is 11.1 Å². The highest BCUT2D eigenvalue weighted by atomic mass is 16.4. The zero-order valence-electron chi connectivity index (χ0n) is 9.32. The van der Waals surface area contributed by atoms with E-state index in [1.54, 1.807) is 0 Å². The fourth-order valence-corrected chi connectivity index (χ4v) is 1.06. The Morgan fingerprint density at radius 3 is 2.53 bits per heavy atom. The predicted octanol–water partition coefficient (Wildman–Crippen LogP) is 0.341. The van der Waals surface area contributed by atoms with E-state index in [0.29, 0.717) is 19.4 Å². The Balaban J connectivity index is 3.66. The lowest BCUT2D eigenvalue weighted by Crippen LogP contribution is -2.41. The number of nitrogens with one attached hydrogen (secondary N) is 1. The molecule has 5 nitrogen and oxygen atoms in total. The molecule has 0 saturated heterocycles. The molecule has 0 aliphatic carbocycles. The summed E-state index contributed by atoms with van der Waals surface area (Å²) in [6.07, 6.45) is 1.31. The third-order valence-corrected chi connectivity index (χ3v) is 2.25. The molecule has 0 aromatic heterocycles. The zero-order chi connectivity index (χ0) is 11.8. The first kappa shape index (κ1) is 13.9. The molecule has 0 saturated carbocycles. The minimum absolute atomic E-state index is 0.136. The van der Waals surface area contributed by atoms with Crippen LogP contribution in [0.3, 0.4) is 0 Å². The summed E-state index contributed by atoms with van der Waals surface area (Å²) >= 11 is 0. The summed E-state index contributed by atoms with van der Waals surface area (Å²) in [5.74, 6) is -0.813. The average molecular weight is 216 g/mol. The normalized spacial score (nSPS) is 14.3. The first-order valence-electron chi connectivity index (χ1n) is 5.22. The van der Waals surface area contributed by atoms with E-state index in [0.717, 1.165) is 0 Å². The van der Waals surface area contributed by atoms with Gasteiger partial charge in [-0.2, -0.15) is 0 Å². The molecule has 0 aromatic rings. The van der Waals surface area contributed by atoms with Gasteiger partial charge in [0, 0.05) is 13.0 Å². The summed E-state index contributed by atoms with van der Waals surface area (Å²) in [6.45, 7) is 4.23. The molecule has 1 amide bonds. The molecule has 2 atom stereocenters. The Labute approximate surface area is 90.0 Å². The molecule has 0 aromatic carbocycles. The van der Waals surface area contributed by atoms with Crippen LogP contribution in [0.25, 0.3) is 0 Å². The summed E-state index contributed by atoms with van der Waals surface area (Å²) in [5.41, 5.74) is 5.52. The highest BCUT2D eigenvalue weighted by Crippen LogP contribution is 2.03. The SMILES string of the molecule is CCC(N)C(=O)NCC(C)CCC(=O)O. The van der Waals surface area contributed by atoms with Crippen LogP contribution in [0.1, 0.15) is 33.1 Å². The van der Waals surface area contributed by atoms with Crippen LogP contribution in [0.2, 0.25) is 0 Å². The van der Waals surface area contributed by atoms with Crippen molar-refractivity contribution in [1.82, 2.24) is 5.32 Å². The maximum atomic E-state index is 11.3. The summed E-state index contributed by atoms with van der Waals surface area (Å²) < 4.78 is 0. The maximum absolute atomic E-state index is 11.3. The van der Waals surface area contributed by atoms with Gasteiger partial charge in [-0.05, 0) is 18.8 Å². The van der Waals surface area contributed by atoms with Gasteiger partial charge in [-0.3, -0.25) is 9.59 Å². The number of carbonyl (C=O) groups is 2. The largest absolute Gasteiger partial charge is 0.481 e. The second-order valence-electron chi connectivity index (χ2n) is 3.80. The van der Waals surface area contributed by atoms with Gasteiger partial charge < -0.3 is 16.2 Å². The fraction of sp³-hybridized carbons (Fsp3) is 0.800. The summed E-state index contributed by atoms with van der Waals surface area (Å²) in [6, 6.07) is -0.461. The number of hydrogen-bond acceptors (Lipinski definition) is 3. The van der Waals surface area contributed by atoms with Crippen molar-refractivity contribution in [3.63, 3.8) is 0 Å². The molecule has 0 fully saturated rings. The van der Waals surface area contributed by atoms with Crippen molar-refractivity contribution in [3.05, 3.63) is 0 Å². The highest BCUT2D eigenvalue weighted by molar-refractivity contribution is 5.81. The standard InChI is InChI=1S/C10H20N2O3/c1-3-8(11)10(15)12-6-7(2)4-5-9(13)14/h7-8H,3-6,11H2,1-2H3,(H,12,15)(H,13,14). The molecule has 15 heavy (non-hydrogen) atoms. The third-order valence-electron chi connectivity index (χ3n) is 2.25. The van der Waals surface area contributed by atoms with Gasteiger partial charge in [0.05, 0.1) is 6.04 Å². The van der Waals surface area contributed by atoms with E-state index in [2.05, 4.69) is 5.32 Å². The van der Waals surface area contributed by atoms with E-state index in [9.17, 15) is 9.59 Å². The van der Waals surface area contributed by atoms with E-state index in [1.807, 2.05) is 13.8 Å². The molecular weight excluding hydrogens is 196 g/mol. The van der Waals surface area contributed by atoms with Gasteiger partial charge in [-0.15, -0.1) is 0 Å². The second-order valence-corrected chi connectivity index (χ2v) is 3.80. The van der Waals surface area contributed by atoms with Crippen LogP contribution in [0.4, 0.5) is 0 Å². The molecule has 2 unspecified atom stereocenters. The lowest BCUT2D eigenvalue weighted by atomic mass is 10.1. The molecule has 0 spiro atoms. The van der Waals surface area contributed by atoms with Crippen molar-refractivity contribution in [2.24, 2.45) is 11.7 Å². The number of nitrogens with two attached hydrogens (primary N) is 1. The van der Waals surface area contributed by atoms with Crippen LogP contribution >= 0.6 is 0 Å². The number of rotatable bonds is 7. The lowest BCUT2D eigenvalue weighted by molar-refractivity contribution is -0.137. The summed E-state index contributed by atoms with van der Waals surface area (Å²) in [4.78, 5) is 21.6. The molecule has 0 heterocycles. The maximum Gasteiger partial charge on any atom is 0.303 e. The fourth-order valence-electron chi connectivity index (χ4n) is 1.06. The van der Waals surface area contributed by atoms with E-state index in [4.69, 9.17) is 10.8 Å². The van der Waals surface area contributed by atoms with Crippen LogP contribution in [0.5, 0.6) is 0 Å². The van der Waals surface area contributed by atoms with Gasteiger partial charge in [0.1, 0.15) is 0 Å². The third kappa shape index (κ3) is 6.90. The van der Waals surface area contributed by atoms with E-state index < -0.39 is 12.0 Å². The van der Waals surface area contributed by atoms with Gasteiger partial charge in [0.2, 0.25) is 5.91 Å². The zero-order valence-corrected chi connectivity index (χ0v) is 9.32. The number of aliphatic carboxylic acids is 1. The van der Waals surface area contributed by atoms with Crippen molar-refractivity contribution in [1.29, 1.82) is 0 Å². The van der Waals surface area contributed by atoms with Crippen LogP contribution in [0, 0.1) is 5.92 Å². The monoisotopic (exact) mass is 216 g/mol. The Morgan fingerprint density at radius 2 is 2.07 bits per heavy atom. The van der Waals surface area contributed by atoms with Gasteiger partial charge in [0.25, 0.3) is 0 Å². The first-order chi connectivity index (χ1) is 6.97. The van der Waals surface area contributed by atoms with Crippen molar-refractivity contribution >= 4 is 11.9 Å². The number of carbonyl (C=O) groups excluding carboxylic acids is 1. The average Bonchev–Trinajstić information content (AvgIpc) is 2.21. The molecule has 0 bridgehead atoms. The van der Waals surface area contributed by atoms with E-state index >= 15 is 0 Å². The minimum atomic E-state index is -0.807. The molecule has 5 heteroatoms. The molecule has 0 aliphatic heterocycles. The first-order valence-corrected chi connectivity index (χ1v) is 5.22. The second kappa shape index (κ2) is 7.23. The summed E-state index contributed by atoms with van der Waals surface area (Å²) in [7, 11) is 0. The van der Waals surface area contributed by atoms with Gasteiger partial charge >= 0.3 is 5.97 Å². The number of hydrogen-bond donors (Lipinski definition) is 3.